The van der Waals surface area contributed by atoms with Crippen molar-refractivity contribution >= 4 is 16.3 Å². The van der Waals surface area contributed by atoms with Crippen LogP contribution in [0.15, 0.2) is 36.1 Å². The Morgan fingerprint density at radius 2 is 2.39 bits per heavy atom. The number of aryl methyl sites for hydroxylation is 1. The number of hydrogen-bond acceptors (Lipinski definition) is 4. The molecule has 5 heteroatoms. The van der Waals surface area contributed by atoms with Gasteiger partial charge >= 0.3 is 0 Å². The number of rotatable bonds is 3. The van der Waals surface area contributed by atoms with E-state index in [0.29, 0.717) is 6.42 Å². The number of pyridine rings is 1. The quantitative estimate of drug-likeness (QED) is 0.784. The molecule has 0 aliphatic heterocycles. The van der Waals surface area contributed by atoms with Crippen molar-refractivity contribution in [2.75, 3.05) is 0 Å². The average Bonchev–Trinajstić information content (AvgIpc) is 2.90. The average molecular weight is 258 g/mol. The molecule has 0 aromatic carbocycles. The fraction of sp³-hybridized carbons (Fsp3) is 0.231. The van der Waals surface area contributed by atoms with Gasteiger partial charge in [-0.1, -0.05) is 6.07 Å². The molecule has 0 aliphatic carbocycles. The molecular weight excluding hydrogens is 244 g/mol. The van der Waals surface area contributed by atoms with Gasteiger partial charge in [0.1, 0.15) is 0 Å². The number of imidazole rings is 1. The summed E-state index contributed by atoms with van der Waals surface area (Å²) in [7, 11) is 0. The second-order valence-electron chi connectivity index (χ2n) is 4.34. The van der Waals surface area contributed by atoms with Gasteiger partial charge in [0.2, 0.25) is 0 Å². The monoisotopic (exact) mass is 258 g/mol. The van der Waals surface area contributed by atoms with Crippen LogP contribution in [0.4, 0.5) is 0 Å². The van der Waals surface area contributed by atoms with Crippen LogP contribution in [0.2, 0.25) is 0 Å². The van der Waals surface area contributed by atoms with Gasteiger partial charge < -0.3 is 5.73 Å². The van der Waals surface area contributed by atoms with E-state index in [9.17, 15) is 0 Å². The Morgan fingerprint density at radius 3 is 3.17 bits per heavy atom. The fourth-order valence-electron chi connectivity index (χ4n) is 2.08. The molecule has 3 heterocycles. The molecule has 0 saturated carbocycles. The Kier molecular flexibility index (Phi) is 2.85. The van der Waals surface area contributed by atoms with Gasteiger partial charge in [0.05, 0.1) is 17.4 Å². The zero-order valence-corrected chi connectivity index (χ0v) is 10.9. The molecule has 0 amide bonds. The van der Waals surface area contributed by atoms with Crippen LogP contribution < -0.4 is 5.73 Å². The SMILES string of the molecule is Cc1cccnc1C(N)Cc1cn2ccsc2n1. The van der Waals surface area contributed by atoms with Gasteiger partial charge in [0, 0.05) is 30.4 Å². The van der Waals surface area contributed by atoms with E-state index < -0.39 is 0 Å². The molecule has 0 spiro atoms. The van der Waals surface area contributed by atoms with E-state index in [1.54, 1.807) is 17.5 Å². The molecule has 1 unspecified atom stereocenters. The van der Waals surface area contributed by atoms with Gasteiger partial charge in [-0.2, -0.15) is 0 Å². The van der Waals surface area contributed by atoms with Crippen molar-refractivity contribution < 1.29 is 0 Å². The van der Waals surface area contributed by atoms with Gasteiger partial charge in [-0.25, -0.2) is 4.98 Å². The highest BCUT2D eigenvalue weighted by molar-refractivity contribution is 7.15. The van der Waals surface area contributed by atoms with E-state index >= 15 is 0 Å². The summed E-state index contributed by atoms with van der Waals surface area (Å²) in [6.07, 6.45) is 6.54. The second kappa shape index (κ2) is 4.51. The number of thiazole rings is 1. The summed E-state index contributed by atoms with van der Waals surface area (Å²) in [5.74, 6) is 0. The molecule has 4 nitrogen and oxygen atoms in total. The first-order chi connectivity index (χ1) is 8.74. The molecule has 18 heavy (non-hydrogen) atoms. The lowest BCUT2D eigenvalue weighted by atomic mass is 10.0. The molecule has 1 atom stereocenters. The maximum absolute atomic E-state index is 6.21. The van der Waals surface area contributed by atoms with Gasteiger partial charge in [0.25, 0.3) is 0 Å². The normalized spacial score (nSPS) is 13.0. The molecule has 0 bridgehead atoms. The highest BCUT2D eigenvalue weighted by Crippen LogP contribution is 2.18. The maximum atomic E-state index is 6.21. The third-order valence-electron chi connectivity index (χ3n) is 2.97. The number of fused-ring (bicyclic) bond motifs is 1. The smallest absolute Gasteiger partial charge is 0.193 e. The molecule has 3 aromatic heterocycles. The predicted molar refractivity (Wildman–Crippen MR) is 72.7 cm³/mol. The molecule has 92 valence electrons. The van der Waals surface area contributed by atoms with Crippen molar-refractivity contribution in [2.45, 2.75) is 19.4 Å². The first-order valence-corrected chi connectivity index (χ1v) is 6.70. The van der Waals surface area contributed by atoms with Crippen LogP contribution in [0.3, 0.4) is 0 Å². The highest BCUT2D eigenvalue weighted by Gasteiger charge is 2.13. The maximum Gasteiger partial charge on any atom is 0.193 e. The van der Waals surface area contributed by atoms with Crippen LogP contribution in [-0.2, 0) is 6.42 Å². The second-order valence-corrected chi connectivity index (χ2v) is 5.21. The third-order valence-corrected chi connectivity index (χ3v) is 3.74. The van der Waals surface area contributed by atoms with Gasteiger partial charge in [-0.3, -0.25) is 9.38 Å². The first-order valence-electron chi connectivity index (χ1n) is 5.82. The van der Waals surface area contributed by atoms with Crippen molar-refractivity contribution in [3.8, 4) is 0 Å². The van der Waals surface area contributed by atoms with Gasteiger partial charge in [0.15, 0.2) is 4.96 Å². The van der Waals surface area contributed by atoms with Crippen molar-refractivity contribution in [1.29, 1.82) is 0 Å². The number of aromatic nitrogens is 3. The van der Waals surface area contributed by atoms with E-state index in [-0.39, 0.29) is 6.04 Å². The van der Waals surface area contributed by atoms with Gasteiger partial charge in [-0.05, 0) is 18.6 Å². The Morgan fingerprint density at radius 1 is 1.50 bits per heavy atom. The molecule has 3 rings (SSSR count). The van der Waals surface area contributed by atoms with Gasteiger partial charge in [-0.15, -0.1) is 11.3 Å². The summed E-state index contributed by atoms with van der Waals surface area (Å²) in [5.41, 5.74) is 9.31. The summed E-state index contributed by atoms with van der Waals surface area (Å²) < 4.78 is 2.03. The number of hydrogen-bond donors (Lipinski definition) is 1. The van der Waals surface area contributed by atoms with Crippen LogP contribution in [0.25, 0.3) is 4.96 Å². The van der Waals surface area contributed by atoms with Crippen molar-refractivity contribution in [2.24, 2.45) is 5.73 Å². The Bertz CT molecular complexity index is 642. The lowest BCUT2D eigenvalue weighted by molar-refractivity contribution is 0.681. The van der Waals surface area contributed by atoms with Crippen LogP contribution in [0.5, 0.6) is 0 Å². The zero-order chi connectivity index (χ0) is 12.5. The summed E-state index contributed by atoms with van der Waals surface area (Å²) >= 11 is 1.63. The first kappa shape index (κ1) is 11.4. The van der Waals surface area contributed by atoms with Crippen LogP contribution >= 0.6 is 11.3 Å². The van der Waals surface area contributed by atoms with Crippen molar-refractivity contribution in [3.63, 3.8) is 0 Å². The molecule has 2 N–H and O–H groups in total. The summed E-state index contributed by atoms with van der Waals surface area (Å²) in [6, 6.07) is 3.86. The highest BCUT2D eigenvalue weighted by atomic mass is 32.1. The summed E-state index contributed by atoms with van der Waals surface area (Å²) in [6.45, 7) is 2.04. The van der Waals surface area contributed by atoms with E-state index in [2.05, 4.69) is 9.97 Å². The standard InChI is InChI=1S/C13H14N4S/c1-9-3-2-4-15-12(9)11(14)7-10-8-17-5-6-18-13(17)16-10/h2-6,8,11H,7,14H2,1H3. The molecule has 0 radical (unpaired) electrons. The van der Waals surface area contributed by atoms with E-state index in [0.717, 1.165) is 21.9 Å². The minimum atomic E-state index is -0.101. The minimum absolute atomic E-state index is 0.101. The largest absolute Gasteiger partial charge is 0.322 e. The number of nitrogens with zero attached hydrogens (tertiary/aromatic N) is 3. The number of nitrogens with two attached hydrogens (primary N) is 1. The third kappa shape index (κ3) is 2.02. The van der Waals surface area contributed by atoms with E-state index in [4.69, 9.17) is 5.73 Å². The van der Waals surface area contributed by atoms with Crippen molar-refractivity contribution in [3.05, 3.63) is 53.1 Å². The van der Waals surface area contributed by atoms with Crippen LogP contribution in [0.1, 0.15) is 23.0 Å². The zero-order valence-electron chi connectivity index (χ0n) is 10.1. The molecular formula is C13H14N4S. The van der Waals surface area contributed by atoms with E-state index in [1.165, 1.54) is 0 Å². The van der Waals surface area contributed by atoms with E-state index in [1.807, 2.05) is 41.2 Å². The molecule has 3 aromatic rings. The fourth-order valence-corrected chi connectivity index (χ4v) is 2.80. The van der Waals surface area contributed by atoms with Crippen LogP contribution in [0, 0.1) is 6.92 Å². The Balaban J connectivity index is 1.84. The summed E-state index contributed by atoms with van der Waals surface area (Å²) in [5, 5.41) is 2.02. The minimum Gasteiger partial charge on any atom is -0.322 e. The lowest BCUT2D eigenvalue weighted by Crippen LogP contribution is -2.16. The molecule has 0 saturated heterocycles. The Hall–Kier alpha value is -1.72. The molecule has 0 aliphatic rings. The van der Waals surface area contributed by atoms with Crippen LogP contribution in [-0.4, -0.2) is 14.4 Å². The van der Waals surface area contributed by atoms with Crippen molar-refractivity contribution in [1.82, 2.24) is 14.4 Å². The Labute approximate surface area is 109 Å². The summed E-state index contributed by atoms with van der Waals surface area (Å²) in [4.78, 5) is 9.91. The lowest BCUT2D eigenvalue weighted by Gasteiger charge is -2.11. The topological polar surface area (TPSA) is 56.2 Å². The predicted octanol–water partition coefficient (Wildman–Crippen LogP) is 2.34. The molecule has 0 fully saturated rings.